The van der Waals surface area contributed by atoms with Gasteiger partial charge in [-0.2, -0.15) is 13.8 Å². The maximum atomic E-state index is 13.0. The van der Waals surface area contributed by atoms with Crippen LogP contribution < -0.4 is 10.3 Å². The fourth-order valence-electron chi connectivity index (χ4n) is 2.94. The van der Waals surface area contributed by atoms with Gasteiger partial charge in [0.15, 0.2) is 0 Å². The number of halogens is 2. The Morgan fingerprint density at radius 3 is 2.75 bits per heavy atom. The van der Waals surface area contributed by atoms with E-state index < -0.39 is 29.9 Å². The van der Waals surface area contributed by atoms with E-state index in [1.165, 1.54) is 48.0 Å². The Morgan fingerprint density at radius 2 is 2.04 bits per heavy atom. The summed E-state index contributed by atoms with van der Waals surface area (Å²) in [5.74, 6) is -2.33. The number of carbonyl (C=O) groups excluding carboxylic acids is 1. The summed E-state index contributed by atoms with van der Waals surface area (Å²) in [4.78, 5) is 28.9. The molecule has 2 heterocycles. The van der Waals surface area contributed by atoms with Crippen LogP contribution in [0.2, 0.25) is 0 Å². The molecule has 1 unspecified atom stereocenters. The van der Waals surface area contributed by atoms with E-state index in [0.717, 1.165) is 0 Å². The lowest BCUT2D eigenvalue weighted by atomic mass is 9.89. The van der Waals surface area contributed by atoms with Crippen LogP contribution in [0.5, 0.6) is 11.6 Å². The van der Waals surface area contributed by atoms with Gasteiger partial charge in [-0.25, -0.2) is 0 Å². The molecule has 0 saturated carbocycles. The molecule has 0 saturated heterocycles. The molecule has 2 aromatic heterocycles. The minimum Gasteiger partial charge on any atom is -0.493 e. The number of benzene rings is 1. The maximum Gasteiger partial charge on any atom is 0.387 e. The van der Waals surface area contributed by atoms with Crippen molar-refractivity contribution in [2.24, 2.45) is 0 Å². The minimum absolute atomic E-state index is 0.143. The molecule has 1 atom stereocenters. The van der Waals surface area contributed by atoms with Gasteiger partial charge in [0.1, 0.15) is 11.4 Å². The van der Waals surface area contributed by atoms with Gasteiger partial charge < -0.3 is 14.6 Å². The van der Waals surface area contributed by atoms with E-state index in [1.54, 1.807) is 12.1 Å². The van der Waals surface area contributed by atoms with E-state index in [2.05, 4.69) is 14.5 Å². The van der Waals surface area contributed by atoms with Gasteiger partial charge >= 0.3 is 12.6 Å². The van der Waals surface area contributed by atoms with E-state index in [1.807, 2.05) is 0 Å². The molecule has 0 aliphatic rings. The maximum absolute atomic E-state index is 13.0. The van der Waals surface area contributed by atoms with Crippen molar-refractivity contribution in [1.82, 2.24) is 9.38 Å². The molecular formula is C19H16F2N2O5. The van der Waals surface area contributed by atoms with E-state index in [4.69, 9.17) is 0 Å². The number of ether oxygens (including phenoxy) is 2. The summed E-state index contributed by atoms with van der Waals surface area (Å²) in [5, 5.41) is 10.4. The number of fused-ring (bicyclic) bond motifs is 1. The molecule has 0 radical (unpaired) electrons. The van der Waals surface area contributed by atoms with Crippen molar-refractivity contribution in [1.29, 1.82) is 0 Å². The largest absolute Gasteiger partial charge is 0.493 e. The lowest BCUT2D eigenvalue weighted by Crippen LogP contribution is -2.24. The van der Waals surface area contributed by atoms with Crippen LogP contribution in [0.1, 0.15) is 23.5 Å². The smallest absolute Gasteiger partial charge is 0.387 e. The van der Waals surface area contributed by atoms with Crippen LogP contribution in [-0.4, -0.2) is 34.2 Å². The summed E-state index contributed by atoms with van der Waals surface area (Å²) in [6.45, 7) is -3.03. The van der Waals surface area contributed by atoms with Gasteiger partial charge in [0.05, 0.1) is 19.1 Å². The number of hydrogen-bond donors (Lipinski definition) is 1. The van der Waals surface area contributed by atoms with Gasteiger partial charge in [-0.3, -0.25) is 14.0 Å². The van der Waals surface area contributed by atoms with E-state index in [9.17, 15) is 23.5 Å². The third-order valence-electron chi connectivity index (χ3n) is 4.18. The molecule has 9 heteroatoms. The SMILES string of the molecule is COC(=O)CC(c1cccc(OC(F)F)c1)c1c(O)nc2ccccn2c1=O. The van der Waals surface area contributed by atoms with Gasteiger partial charge in [0.25, 0.3) is 5.56 Å². The number of alkyl halides is 2. The molecule has 146 valence electrons. The standard InChI is InChI=1S/C19H16F2N2O5/c1-27-15(24)10-13(11-5-4-6-12(9-11)28-19(20)21)16-17(25)22-14-7-2-3-8-23(14)18(16)26/h2-9,13,19,25H,10H2,1H3. The Morgan fingerprint density at radius 1 is 1.25 bits per heavy atom. The number of aromatic hydroxyl groups is 1. The van der Waals surface area contributed by atoms with Crippen molar-refractivity contribution < 1.29 is 28.2 Å². The molecule has 28 heavy (non-hydrogen) atoms. The second-order valence-corrected chi connectivity index (χ2v) is 5.87. The Hall–Kier alpha value is -3.49. The monoisotopic (exact) mass is 390 g/mol. The normalized spacial score (nSPS) is 12.1. The van der Waals surface area contributed by atoms with Crippen molar-refractivity contribution in [3.05, 3.63) is 70.1 Å². The predicted molar refractivity (Wildman–Crippen MR) is 94.7 cm³/mol. The number of carbonyl (C=O) groups is 1. The van der Waals surface area contributed by atoms with Crippen molar-refractivity contribution in [2.75, 3.05) is 7.11 Å². The Kier molecular flexibility index (Phi) is 5.53. The van der Waals surface area contributed by atoms with Crippen molar-refractivity contribution >= 4 is 11.6 Å². The van der Waals surface area contributed by atoms with Gasteiger partial charge in [-0.15, -0.1) is 0 Å². The van der Waals surface area contributed by atoms with E-state index >= 15 is 0 Å². The molecule has 0 aliphatic carbocycles. The van der Waals surface area contributed by atoms with Crippen LogP contribution in [0.4, 0.5) is 8.78 Å². The first-order chi connectivity index (χ1) is 13.4. The quantitative estimate of drug-likeness (QED) is 0.651. The third-order valence-corrected chi connectivity index (χ3v) is 4.18. The van der Waals surface area contributed by atoms with Crippen LogP contribution in [0, 0.1) is 0 Å². The molecular weight excluding hydrogens is 374 g/mol. The molecule has 3 rings (SSSR count). The van der Waals surface area contributed by atoms with Crippen LogP contribution in [0.25, 0.3) is 5.65 Å². The molecule has 0 aliphatic heterocycles. The molecule has 0 bridgehead atoms. The first kappa shape index (κ1) is 19.3. The summed E-state index contributed by atoms with van der Waals surface area (Å²) in [7, 11) is 1.18. The number of hydrogen-bond acceptors (Lipinski definition) is 6. The highest BCUT2D eigenvalue weighted by Crippen LogP contribution is 2.33. The van der Waals surface area contributed by atoms with Gasteiger partial charge in [0.2, 0.25) is 5.88 Å². The number of nitrogens with zero attached hydrogens (tertiary/aromatic N) is 2. The van der Waals surface area contributed by atoms with Gasteiger partial charge in [0, 0.05) is 12.1 Å². The first-order valence-electron chi connectivity index (χ1n) is 8.22. The third kappa shape index (κ3) is 3.93. The molecule has 0 spiro atoms. The predicted octanol–water partition coefficient (Wildman–Crippen LogP) is 2.70. The zero-order valence-electron chi connectivity index (χ0n) is 14.7. The summed E-state index contributed by atoms with van der Waals surface area (Å²) >= 11 is 0. The highest BCUT2D eigenvalue weighted by molar-refractivity contribution is 5.71. The number of methoxy groups -OCH3 is 1. The van der Waals surface area contributed by atoms with Crippen molar-refractivity contribution in [3.63, 3.8) is 0 Å². The highest BCUT2D eigenvalue weighted by Gasteiger charge is 2.27. The summed E-state index contributed by atoms with van der Waals surface area (Å²) < 4.78 is 35.4. The Labute approximate surface area is 157 Å². The van der Waals surface area contributed by atoms with Crippen LogP contribution >= 0.6 is 0 Å². The van der Waals surface area contributed by atoms with E-state index in [-0.39, 0.29) is 23.4 Å². The summed E-state index contributed by atoms with van der Waals surface area (Å²) in [5.41, 5.74) is -0.200. The van der Waals surface area contributed by atoms with Crippen LogP contribution in [-0.2, 0) is 9.53 Å². The van der Waals surface area contributed by atoms with Crippen LogP contribution in [0.15, 0.2) is 53.5 Å². The molecule has 0 amide bonds. The summed E-state index contributed by atoms with van der Waals surface area (Å²) in [6.07, 6.45) is 1.16. The van der Waals surface area contributed by atoms with Crippen molar-refractivity contribution in [2.45, 2.75) is 19.0 Å². The summed E-state index contributed by atoms with van der Waals surface area (Å²) in [6, 6.07) is 10.4. The minimum atomic E-state index is -3.03. The lowest BCUT2D eigenvalue weighted by molar-refractivity contribution is -0.140. The van der Waals surface area contributed by atoms with Gasteiger partial charge in [-0.1, -0.05) is 18.2 Å². The average Bonchev–Trinajstić information content (AvgIpc) is 2.66. The topological polar surface area (TPSA) is 90.1 Å². The lowest BCUT2D eigenvalue weighted by Gasteiger charge is -2.18. The van der Waals surface area contributed by atoms with Gasteiger partial charge in [-0.05, 0) is 29.8 Å². The molecule has 1 aromatic carbocycles. The first-order valence-corrected chi connectivity index (χ1v) is 8.22. The highest BCUT2D eigenvalue weighted by atomic mass is 19.3. The number of aromatic nitrogens is 2. The fraction of sp³-hybridized carbons (Fsp3) is 0.211. The van der Waals surface area contributed by atoms with Crippen molar-refractivity contribution in [3.8, 4) is 11.6 Å². The van der Waals surface area contributed by atoms with Crippen LogP contribution in [0.3, 0.4) is 0 Å². The second-order valence-electron chi connectivity index (χ2n) is 5.87. The zero-order valence-corrected chi connectivity index (χ0v) is 14.7. The number of rotatable bonds is 6. The average molecular weight is 390 g/mol. The Bertz CT molecular complexity index is 1070. The molecule has 0 fully saturated rings. The number of pyridine rings is 1. The number of esters is 1. The van der Waals surface area contributed by atoms with E-state index in [0.29, 0.717) is 5.56 Å². The molecule has 3 aromatic rings. The molecule has 1 N–H and O–H groups in total. The zero-order chi connectivity index (χ0) is 20.3. The second kappa shape index (κ2) is 8.03. The Balaban J connectivity index is 2.18. The fourth-order valence-corrected chi connectivity index (χ4v) is 2.94. The molecule has 7 nitrogen and oxygen atoms in total.